The van der Waals surface area contributed by atoms with E-state index in [0.29, 0.717) is 5.69 Å². The standard InChI is InChI=1S/C7H11N3O2S/c1-2-13(11,12)10-7-4-3-6(8)5-9-7/h3-5H,2,8H2,1H3,(H,9,10). The highest BCUT2D eigenvalue weighted by Gasteiger charge is 2.06. The van der Waals surface area contributed by atoms with Crippen molar-refractivity contribution in [3.05, 3.63) is 18.3 Å². The van der Waals surface area contributed by atoms with Crippen LogP contribution in [0.4, 0.5) is 11.5 Å². The number of nitrogens with zero attached hydrogens (tertiary/aromatic N) is 1. The summed E-state index contributed by atoms with van der Waals surface area (Å²) < 4.78 is 24.4. The van der Waals surface area contributed by atoms with E-state index in [4.69, 9.17) is 5.73 Å². The van der Waals surface area contributed by atoms with E-state index >= 15 is 0 Å². The van der Waals surface area contributed by atoms with Gasteiger partial charge < -0.3 is 5.73 Å². The molecule has 0 aromatic carbocycles. The van der Waals surface area contributed by atoms with Crippen molar-refractivity contribution < 1.29 is 8.42 Å². The number of anilines is 2. The fourth-order valence-corrected chi connectivity index (χ4v) is 1.28. The van der Waals surface area contributed by atoms with Crippen LogP contribution in [-0.2, 0) is 10.0 Å². The van der Waals surface area contributed by atoms with Crippen molar-refractivity contribution in [2.45, 2.75) is 6.92 Å². The van der Waals surface area contributed by atoms with Crippen LogP contribution in [-0.4, -0.2) is 19.2 Å². The van der Waals surface area contributed by atoms with Crippen LogP contribution in [0.5, 0.6) is 0 Å². The van der Waals surface area contributed by atoms with Gasteiger partial charge in [-0.25, -0.2) is 13.4 Å². The first kappa shape index (κ1) is 9.79. The minimum absolute atomic E-state index is 0.0268. The molecule has 0 radical (unpaired) electrons. The molecule has 1 heterocycles. The van der Waals surface area contributed by atoms with Gasteiger partial charge in [0.15, 0.2) is 0 Å². The number of nitrogen functional groups attached to an aromatic ring is 1. The van der Waals surface area contributed by atoms with Gasteiger partial charge in [0.2, 0.25) is 10.0 Å². The minimum atomic E-state index is -3.24. The zero-order valence-electron chi connectivity index (χ0n) is 7.19. The Kier molecular flexibility index (Phi) is 2.72. The molecule has 0 unspecified atom stereocenters. The second-order valence-electron chi connectivity index (χ2n) is 2.48. The number of hydrogen-bond donors (Lipinski definition) is 2. The normalized spacial score (nSPS) is 11.2. The second kappa shape index (κ2) is 3.61. The number of nitrogens with one attached hydrogen (secondary N) is 1. The summed E-state index contributed by atoms with van der Waals surface area (Å²) in [7, 11) is -3.24. The fraction of sp³-hybridized carbons (Fsp3) is 0.286. The summed E-state index contributed by atoms with van der Waals surface area (Å²) in [6.45, 7) is 1.56. The summed E-state index contributed by atoms with van der Waals surface area (Å²) in [4.78, 5) is 3.80. The Morgan fingerprint density at radius 3 is 2.69 bits per heavy atom. The molecule has 1 aromatic rings. The van der Waals surface area contributed by atoms with Gasteiger partial charge in [-0.2, -0.15) is 0 Å². The minimum Gasteiger partial charge on any atom is -0.397 e. The van der Waals surface area contributed by atoms with E-state index in [1.807, 2.05) is 0 Å². The number of aromatic nitrogens is 1. The van der Waals surface area contributed by atoms with Gasteiger partial charge in [-0.3, -0.25) is 4.72 Å². The van der Waals surface area contributed by atoms with Crippen LogP contribution >= 0.6 is 0 Å². The first-order chi connectivity index (χ1) is 6.03. The van der Waals surface area contributed by atoms with Crippen molar-refractivity contribution in [3.8, 4) is 0 Å². The van der Waals surface area contributed by atoms with Crippen LogP contribution < -0.4 is 10.5 Å². The average molecular weight is 201 g/mol. The number of hydrogen-bond acceptors (Lipinski definition) is 4. The van der Waals surface area contributed by atoms with Crippen LogP contribution in [0.25, 0.3) is 0 Å². The molecule has 0 spiro atoms. The lowest BCUT2D eigenvalue weighted by molar-refractivity contribution is 0.602. The molecule has 0 aliphatic heterocycles. The molecule has 6 heteroatoms. The highest BCUT2D eigenvalue weighted by molar-refractivity contribution is 7.92. The molecule has 5 nitrogen and oxygen atoms in total. The Bertz CT molecular complexity index is 371. The summed E-state index contributed by atoms with van der Waals surface area (Å²) >= 11 is 0. The summed E-state index contributed by atoms with van der Waals surface area (Å²) in [5.74, 6) is 0.315. The van der Waals surface area contributed by atoms with Crippen molar-refractivity contribution in [1.29, 1.82) is 0 Å². The van der Waals surface area contributed by atoms with E-state index in [0.717, 1.165) is 0 Å². The van der Waals surface area contributed by atoms with Crippen molar-refractivity contribution in [2.24, 2.45) is 0 Å². The molecule has 0 aliphatic rings. The molecule has 72 valence electrons. The molecule has 1 aromatic heterocycles. The van der Waals surface area contributed by atoms with Crippen molar-refractivity contribution >= 4 is 21.5 Å². The molecule has 0 saturated carbocycles. The molecule has 1 rings (SSSR count). The zero-order chi connectivity index (χ0) is 9.90. The third-order valence-corrected chi connectivity index (χ3v) is 2.71. The lowest BCUT2D eigenvalue weighted by atomic mass is 10.4. The van der Waals surface area contributed by atoms with Gasteiger partial charge in [0, 0.05) is 0 Å². The molecule has 0 atom stereocenters. The molecule has 0 fully saturated rings. The third kappa shape index (κ3) is 2.90. The predicted octanol–water partition coefficient (Wildman–Crippen LogP) is 0.425. The monoisotopic (exact) mass is 201 g/mol. The highest BCUT2D eigenvalue weighted by atomic mass is 32.2. The average Bonchev–Trinajstić information content (AvgIpc) is 2.09. The van der Waals surface area contributed by atoms with Crippen LogP contribution in [0.1, 0.15) is 6.92 Å². The fourth-order valence-electron chi connectivity index (χ4n) is 0.697. The summed E-state index contributed by atoms with van der Waals surface area (Å²) in [5.41, 5.74) is 5.88. The number of sulfonamides is 1. The SMILES string of the molecule is CCS(=O)(=O)Nc1ccc(N)cn1. The molecule has 0 aliphatic carbocycles. The summed E-state index contributed by atoms with van der Waals surface area (Å²) in [5, 5.41) is 0. The van der Waals surface area contributed by atoms with Crippen molar-refractivity contribution in [2.75, 3.05) is 16.2 Å². The number of rotatable bonds is 3. The van der Waals surface area contributed by atoms with Crippen LogP contribution in [0.2, 0.25) is 0 Å². The molecule has 0 bridgehead atoms. The summed E-state index contributed by atoms with van der Waals surface area (Å²) in [6.07, 6.45) is 1.40. The van der Waals surface area contributed by atoms with Gasteiger partial charge in [-0.15, -0.1) is 0 Å². The van der Waals surface area contributed by atoms with Gasteiger partial charge in [-0.1, -0.05) is 0 Å². The molecular formula is C7H11N3O2S. The predicted molar refractivity (Wildman–Crippen MR) is 51.7 cm³/mol. The summed E-state index contributed by atoms with van der Waals surface area (Å²) in [6, 6.07) is 3.10. The van der Waals surface area contributed by atoms with Gasteiger partial charge in [0.1, 0.15) is 5.82 Å². The van der Waals surface area contributed by atoms with E-state index in [1.165, 1.54) is 12.3 Å². The van der Waals surface area contributed by atoms with Gasteiger partial charge in [0.05, 0.1) is 17.6 Å². The Labute approximate surface area is 77.0 Å². The smallest absolute Gasteiger partial charge is 0.233 e. The van der Waals surface area contributed by atoms with Crippen LogP contribution in [0, 0.1) is 0 Å². The maximum Gasteiger partial charge on any atom is 0.233 e. The van der Waals surface area contributed by atoms with Gasteiger partial charge >= 0.3 is 0 Å². The first-order valence-corrected chi connectivity index (χ1v) is 5.41. The van der Waals surface area contributed by atoms with E-state index in [1.54, 1.807) is 13.0 Å². The quantitative estimate of drug-likeness (QED) is 0.742. The second-order valence-corrected chi connectivity index (χ2v) is 4.49. The largest absolute Gasteiger partial charge is 0.397 e. The molecule has 3 N–H and O–H groups in total. The van der Waals surface area contributed by atoms with Gasteiger partial charge in [0.25, 0.3) is 0 Å². The Morgan fingerprint density at radius 2 is 2.23 bits per heavy atom. The van der Waals surface area contributed by atoms with Crippen LogP contribution in [0.15, 0.2) is 18.3 Å². The number of pyridine rings is 1. The highest BCUT2D eigenvalue weighted by Crippen LogP contribution is 2.07. The van der Waals surface area contributed by atoms with Crippen molar-refractivity contribution in [3.63, 3.8) is 0 Å². The Morgan fingerprint density at radius 1 is 1.54 bits per heavy atom. The van der Waals surface area contributed by atoms with E-state index in [2.05, 4.69) is 9.71 Å². The van der Waals surface area contributed by atoms with E-state index in [9.17, 15) is 8.42 Å². The van der Waals surface area contributed by atoms with Gasteiger partial charge in [-0.05, 0) is 19.1 Å². The molecule has 0 saturated heterocycles. The maximum absolute atomic E-state index is 11.1. The Balaban J connectivity index is 2.82. The topological polar surface area (TPSA) is 85.1 Å². The third-order valence-electron chi connectivity index (χ3n) is 1.43. The van der Waals surface area contributed by atoms with E-state index in [-0.39, 0.29) is 11.6 Å². The van der Waals surface area contributed by atoms with E-state index < -0.39 is 10.0 Å². The zero-order valence-corrected chi connectivity index (χ0v) is 8.00. The molecule has 0 amide bonds. The lowest BCUT2D eigenvalue weighted by Gasteiger charge is -2.04. The first-order valence-electron chi connectivity index (χ1n) is 3.75. The lowest BCUT2D eigenvalue weighted by Crippen LogP contribution is -2.15. The number of nitrogens with two attached hydrogens (primary N) is 1. The maximum atomic E-state index is 11.1. The van der Waals surface area contributed by atoms with Crippen LogP contribution in [0.3, 0.4) is 0 Å². The molecule has 13 heavy (non-hydrogen) atoms. The molecular weight excluding hydrogens is 190 g/mol. The Hall–Kier alpha value is -1.30. The van der Waals surface area contributed by atoms with Crippen molar-refractivity contribution in [1.82, 2.24) is 4.98 Å².